The van der Waals surface area contributed by atoms with Gasteiger partial charge in [-0.25, -0.2) is 4.90 Å². The van der Waals surface area contributed by atoms with Crippen molar-refractivity contribution < 1.29 is 14.5 Å². The number of carbonyl (C=O) groups excluding carboxylic acids is 2. The highest BCUT2D eigenvalue weighted by atomic mass is 16.6. The molecule has 0 aliphatic carbocycles. The van der Waals surface area contributed by atoms with Gasteiger partial charge in [0.1, 0.15) is 5.69 Å². The maximum atomic E-state index is 13.0. The largest absolute Gasteiger partial charge is 0.366 e. The van der Waals surface area contributed by atoms with Crippen molar-refractivity contribution >= 4 is 28.9 Å². The maximum Gasteiger partial charge on any atom is 0.293 e. The Labute approximate surface area is 162 Å². The van der Waals surface area contributed by atoms with Crippen molar-refractivity contribution in [2.45, 2.75) is 32.6 Å². The third-order valence-electron chi connectivity index (χ3n) is 5.42. The number of hydrogen-bond acceptors (Lipinski definition) is 5. The van der Waals surface area contributed by atoms with Gasteiger partial charge in [-0.1, -0.05) is 30.5 Å². The number of hydrogen-bond donors (Lipinski definition) is 0. The highest BCUT2D eigenvalue weighted by Gasteiger charge is 2.39. The van der Waals surface area contributed by atoms with Crippen LogP contribution in [0.4, 0.5) is 17.1 Å². The summed E-state index contributed by atoms with van der Waals surface area (Å²) in [5.74, 6) is -0.954. The van der Waals surface area contributed by atoms with E-state index in [-0.39, 0.29) is 16.8 Å². The van der Waals surface area contributed by atoms with Crippen molar-refractivity contribution in [3.63, 3.8) is 0 Å². The van der Waals surface area contributed by atoms with E-state index in [4.69, 9.17) is 0 Å². The van der Waals surface area contributed by atoms with Gasteiger partial charge in [-0.05, 0) is 38.0 Å². The topological polar surface area (TPSA) is 83.8 Å². The van der Waals surface area contributed by atoms with Crippen LogP contribution in [0.5, 0.6) is 0 Å². The lowest BCUT2D eigenvalue weighted by atomic mass is 10.1. The summed E-state index contributed by atoms with van der Waals surface area (Å²) in [5.41, 5.74) is 2.12. The van der Waals surface area contributed by atoms with Gasteiger partial charge >= 0.3 is 0 Å². The van der Waals surface area contributed by atoms with Crippen molar-refractivity contribution in [3.8, 4) is 0 Å². The molecular weight excluding hydrogens is 358 g/mol. The van der Waals surface area contributed by atoms with Gasteiger partial charge in [0.2, 0.25) is 0 Å². The van der Waals surface area contributed by atoms with Gasteiger partial charge in [-0.2, -0.15) is 0 Å². The molecule has 144 valence electrons. The van der Waals surface area contributed by atoms with Gasteiger partial charge < -0.3 is 4.90 Å². The van der Waals surface area contributed by atoms with Crippen LogP contribution < -0.4 is 9.80 Å². The number of fused-ring (bicyclic) bond motifs is 1. The monoisotopic (exact) mass is 379 g/mol. The minimum absolute atomic E-state index is 0.0934. The molecule has 0 radical (unpaired) electrons. The minimum Gasteiger partial charge on any atom is -0.366 e. The average Bonchev–Trinajstić information content (AvgIpc) is 2.87. The van der Waals surface area contributed by atoms with E-state index in [2.05, 4.69) is 0 Å². The fourth-order valence-corrected chi connectivity index (χ4v) is 3.90. The third kappa shape index (κ3) is 3.02. The molecular formula is C21H21N3O4. The summed E-state index contributed by atoms with van der Waals surface area (Å²) in [6.45, 7) is 3.34. The first-order valence-electron chi connectivity index (χ1n) is 9.50. The van der Waals surface area contributed by atoms with Gasteiger partial charge in [-0.15, -0.1) is 0 Å². The molecule has 4 rings (SSSR count). The SMILES string of the molecule is Cc1ccc(N2C(=O)c3cc(N4CCCCCC4)c([N+](=O)[O-])cc3C2=O)cc1. The Balaban J connectivity index is 1.79. The molecule has 0 spiro atoms. The number of benzene rings is 2. The van der Waals surface area contributed by atoms with E-state index >= 15 is 0 Å². The average molecular weight is 379 g/mol. The molecule has 7 nitrogen and oxygen atoms in total. The van der Waals surface area contributed by atoms with Crippen LogP contribution in [-0.2, 0) is 0 Å². The third-order valence-corrected chi connectivity index (χ3v) is 5.42. The summed E-state index contributed by atoms with van der Waals surface area (Å²) in [5, 5.41) is 11.7. The molecule has 0 bridgehead atoms. The van der Waals surface area contributed by atoms with Crippen LogP contribution in [0, 0.1) is 17.0 Å². The zero-order chi connectivity index (χ0) is 19.8. The minimum atomic E-state index is -0.519. The summed E-state index contributed by atoms with van der Waals surface area (Å²) in [7, 11) is 0. The molecule has 2 aliphatic heterocycles. The number of nitro benzene ring substituents is 1. The van der Waals surface area contributed by atoms with Crippen molar-refractivity contribution in [2.75, 3.05) is 22.9 Å². The van der Waals surface area contributed by atoms with Gasteiger partial charge in [0.25, 0.3) is 17.5 Å². The molecule has 7 heteroatoms. The van der Waals surface area contributed by atoms with Crippen LogP contribution in [0.3, 0.4) is 0 Å². The fourth-order valence-electron chi connectivity index (χ4n) is 3.90. The van der Waals surface area contributed by atoms with Gasteiger partial charge in [0.15, 0.2) is 0 Å². The fraction of sp³-hybridized carbons (Fsp3) is 0.333. The maximum absolute atomic E-state index is 13.0. The summed E-state index contributed by atoms with van der Waals surface area (Å²) in [6.07, 6.45) is 4.09. The summed E-state index contributed by atoms with van der Waals surface area (Å²) >= 11 is 0. The van der Waals surface area contributed by atoms with Gasteiger partial charge in [-0.3, -0.25) is 19.7 Å². The Morgan fingerprint density at radius 1 is 0.893 bits per heavy atom. The molecule has 2 aromatic carbocycles. The van der Waals surface area contributed by atoms with Crippen molar-refractivity contribution in [3.05, 3.63) is 63.2 Å². The number of nitro groups is 1. The number of nitrogens with zero attached hydrogens (tertiary/aromatic N) is 3. The van der Waals surface area contributed by atoms with E-state index in [0.29, 0.717) is 24.5 Å². The van der Waals surface area contributed by atoms with E-state index in [1.807, 2.05) is 24.0 Å². The van der Waals surface area contributed by atoms with E-state index in [9.17, 15) is 19.7 Å². The lowest BCUT2D eigenvalue weighted by Crippen LogP contribution is -2.29. The Morgan fingerprint density at radius 2 is 1.46 bits per heavy atom. The van der Waals surface area contributed by atoms with Crippen molar-refractivity contribution in [1.82, 2.24) is 0 Å². The van der Waals surface area contributed by atoms with Crippen LogP contribution in [-0.4, -0.2) is 29.8 Å². The van der Waals surface area contributed by atoms with Crippen LogP contribution in [0.2, 0.25) is 0 Å². The zero-order valence-electron chi connectivity index (χ0n) is 15.7. The zero-order valence-corrected chi connectivity index (χ0v) is 15.7. The standard InChI is InChI=1S/C21H21N3O4/c1-14-6-8-15(9-7-14)23-20(25)16-12-18(22-10-4-2-3-5-11-22)19(24(27)28)13-17(16)21(23)26/h6-9,12-13H,2-5,10-11H2,1H3. The molecule has 1 saturated heterocycles. The van der Waals surface area contributed by atoms with Crippen LogP contribution in [0.1, 0.15) is 52.0 Å². The second-order valence-corrected chi connectivity index (χ2v) is 7.33. The molecule has 0 atom stereocenters. The highest BCUT2D eigenvalue weighted by molar-refractivity contribution is 6.35. The van der Waals surface area contributed by atoms with Crippen LogP contribution in [0.15, 0.2) is 36.4 Å². The Bertz CT molecular complexity index is 960. The lowest BCUT2D eigenvalue weighted by Gasteiger charge is -2.22. The second-order valence-electron chi connectivity index (χ2n) is 7.33. The van der Waals surface area contributed by atoms with E-state index in [1.54, 1.807) is 12.1 Å². The Hall–Kier alpha value is -3.22. The normalized spacial score (nSPS) is 16.9. The predicted molar refractivity (Wildman–Crippen MR) is 106 cm³/mol. The molecule has 0 aromatic heterocycles. The molecule has 2 heterocycles. The molecule has 2 aromatic rings. The number of imide groups is 1. The molecule has 0 N–H and O–H groups in total. The van der Waals surface area contributed by atoms with E-state index in [0.717, 1.165) is 36.1 Å². The molecule has 2 aliphatic rings. The summed E-state index contributed by atoms with van der Waals surface area (Å²) < 4.78 is 0. The number of amides is 2. The number of rotatable bonds is 3. The van der Waals surface area contributed by atoms with Gasteiger partial charge in [0.05, 0.1) is 21.7 Å². The summed E-state index contributed by atoms with van der Waals surface area (Å²) in [6, 6.07) is 9.87. The van der Waals surface area contributed by atoms with Gasteiger partial charge in [0, 0.05) is 19.2 Å². The molecule has 28 heavy (non-hydrogen) atoms. The quantitative estimate of drug-likeness (QED) is 0.456. The number of anilines is 2. The molecule has 0 unspecified atom stereocenters. The second kappa shape index (κ2) is 7.07. The van der Waals surface area contributed by atoms with E-state index in [1.165, 1.54) is 12.1 Å². The van der Waals surface area contributed by atoms with Crippen LogP contribution >= 0.6 is 0 Å². The summed E-state index contributed by atoms with van der Waals surface area (Å²) in [4.78, 5) is 40.2. The highest BCUT2D eigenvalue weighted by Crippen LogP contribution is 2.38. The number of aryl methyl sites for hydroxylation is 1. The lowest BCUT2D eigenvalue weighted by molar-refractivity contribution is -0.384. The molecule has 1 fully saturated rings. The Morgan fingerprint density at radius 3 is 2.04 bits per heavy atom. The molecule has 0 saturated carbocycles. The smallest absolute Gasteiger partial charge is 0.293 e. The van der Waals surface area contributed by atoms with Crippen molar-refractivity contribution in [2.24, 2.45) is 0 Å². The number of carbonyl (C=O) groups is 2. The first-order chi connectivity index (χ1) is 13.5. The first-order valence-corrected chi connectivity index (χ1v) is 9.50. The first kappa shape index (κ1) is 18.2. The predicted octanol–water partition coefficient (Wildman–Crippen LogP) is 4.08. The van der Waals surface area contributed by atoms with E-state index < -0.39 is 16.7 Å². The molecule has 2 amide bonds. The Kier molecular flexibility index (Phi) is 4.58. The van der Waals surface area contributed by atoms with Crippen molar-refractivity contribution in [1.29, 1.82) is 0 Å². The van der Waals surface area contributed by atoms with Crippen LogP contribution in [0.25, 0.3) is 0 Å².